The normalized spacial score (nSPS) is 10.4. The fourth-order valence-electron chi connectivity index (χ4n) is 2.69. The van der Waals surface area contributed by atoms with Gasteiger partial charge in [0.05, 0.1) is 0 Å². The standard InChI is InChI=1S/C24H19N5.Pt/c25-14-6-16-27-20-8-4-12-23(18-20)29(22-10-2-1-3-11-22)24-13-5-9-21(19-24)28-17-7-15-26;/h1-17,27-28H;/q-4;+4/b16-6-,17-7-;. The SMILES string of the molecule is [N-]=C/C=C\Nc1[c-]c(N(c2[c-]c(N/C=C\C=[N-])ccc2)c2ccccc2)ccc1.[Pt+4]. The number of nitrogens with one attached hydrogen (secondary N) is 2. The number of hydrogen-bond acceptors (Lipinski definition) is 3. The quantitative estimate of drug-likeness (QED) is 0.248. The fraction of sp³-hybridized carbons (Fsp3) is 0. The largest absolute Gasteiger partial charge is 4.00 e. The van der Waals surface area contributed by atoms with E-state index in [0.29, 0.717) is 0 Å². The molecule has 0 aromatic heterocycles. The van der Waals surface area contributed by atoms with Gasteiger partial charge < -0.3 is 26.4 Å². The molecular weight excluding hydrogens is 553 g/mol. The molecule has 3 rings (SSSR count). The predicted molar refractivity (Wildman–Crippen MR) is 123 cm³/mol. The molecule has 5 nitrogen and oxygen atoms in total. The first kappa shape index (κ1) is 22.9. The Morgan fingerprint density at radius 1 is 0.667 bits per heavy atom. The van der Waals surface area contributed by atoms with Crippen molar-refractivity contribution in [2.24, 2.45) is 0 Å². The van der Waals surface area contributed by atoms with Gasteiger partial charge in [-0.2, -0.15) is 24.6 Å². The van der Waals surface area contributed by atoms with Crippen molar-refractivity contribution in [1.82, 2.24) is 0 Å². The minimum absolute atomic E-state index is 0. The number of benzene rings is 3. The third-order valence-electron chi connectivity index (χ3n) is 3.90. The van der Waals surface area contributed by atoms with Crippen LogP contribution in [-0.2, 0) is 21.1 Å². The van der Waals surface area contributed by atoms with Crippen LogP contribution < -0.4 is 15.5 Å². The molecule has 0 spiro atoms. The van der Waals surface area contributed by atoms with Crippen LogP contribution in [0.3, 0.4) is 0 Å². The van der Waals surface area contributed by atoms with Crippen molar-refractivity contribution < 1.29 is 21.1 Å². The van der Waals surface area contributed by atoms with Gasteiger partial charge in [0, 0.05) is 5.69 Å². The summed E-state index contributed by atoms with van der Waals surface area (Å²) in [6, 6.07) is 28.2. The molecule has 2 N–H and O–H groups in total. The van der Waals surface area contributed by atoms with E-state index in [9.17, 15) is 0 Å². The molecule has 0 saturated heterocycles. The maximum atomic E-state index is 8.79. The molecule has 0 amide bonds. The molecule has 6 heteroatoms. The Labute approximate surface area is 191 Å². The summed E-state index contributed by atoms with van der Waals surface area (Å²) in [5.74, 6) is 0. The van der Waals surface area contributed by atoms with E-state index in [1.54, 1.807) is 12.4 Å². The Morgan fingerprint density at radius 2 is 1.17 bits per heavy atom. The summed E-state index contributed by atoms with van der Waals surface area (Å²) in [5, 5.41) is 23.7. The molecule has 3 aromatic carbocycles. The minimum Gasteiger partial charge on any atom is -0.811 e. The third kappa shape index (κ3) is 6.29. The summed E-state index contributed by atoms with van der Waals surface area (Å²) in [4.78, 5) is 2.04. The second-order valence-corrected chi connectivity index (χ2v) is 5.88. The van der Waals surface area contributed by atoms with Crippen molar-refractivity contribution in [1.29, 1.82) is 0 Å². The molecule has 0 aliphatic rings. The molecule has 0 radical (unpaired) electrons. The van der Waals surface area contributed by atoms with Gasteiger partial charge >= 0.3 is 21.1 Å². The summed E-state index contributed by atoms with van der Waals surface area (Å²) >= 11 is 0. The number of allylic oxidation sites excluding steroid dienone is 2. The molecule has 0 fully saturated rings. The first-order valence-electron chi connectivity index (χ1n) is 9.00. The summed E-state index contributed by atoms with van der Waals surface area (Å²) < 4.78 is 0. The van der Waals surface area contributed by atoms with Gasteiger partial charge in [-0.15, -0.1) is 36.4 Å². The summed E-state index contributed by atoms with van der Waals surface area (Å²) in [6.45, 7) is 0. The van der Waals surface area contributed by atoms with Crippen LogP contribution in [0.4, 0.5) is 28.4 Å². The molecule has 150 valence electrons. The zero-order chi connectivity index (χ0) is 20.3. The van der Waals surface area contributed by atoms with Crippen molar-refractivity contribution in [2.75, 3.05) is 15.5 Å². The van der Waals surface area contributed by atoms with Crippen molar-refractivity contribution in [3.05, 3.63) is 114 Å². The molecule has 30 heavy (non-hydrogen) atoms. The van der Waals surface area contributed by atoms with Crippen LogP contribution in [0, 0.1) is 12.1 Å². The number of hydrogen-bond donors (Lipinski definition) is 2. The van der Waals surface area contributed by atoms with Crippen molar-refractivity contribution in [2.45, 2.75) is 0 Å². The Kier molecular flexibility index (Phi) is 9.29. The van der Waals surface area contributed by atoms with E-state index in [-0.39, 0.29) is 21.1 Å². The summed E-state index contributed by atoms with van der Waals surface area (Å²) in [5.41, 5.74) is 4.15. The van der Waals surface area contributed by atoms with Gasteiger partial charge in [-0.05, 0) is 24.5 Å². The number of nitrogens with zero attached hydrogens (tertiary/aromatic N) is 3. The van der Waals surface area contributed by atoms with Crippen molar-refractivity contribution in [3.8, 4) is 0 Å². The molecule has 3 aromatic rings. The molecular formula is C24H19N5Pt. The second-order valence-electron chi connectivity index (χ2n) is 5.88. The molecule has 0 heterocycles. The first-order valence-corrected chi connectivity index (χ1v) is 9.00. The first-order chi connectivity index (χ1) is 14.3. The Morgan fingerprint density at radius 3 is 1.63 bits per heavy atom. The third-order valence-corrected chi connectivity index (χ3v) is 3.90. The molecule has 0 bridgehead atoms. The number of rotatable bonds is 9. The zero-order valence-corrected chi connectivity index (χ0v) is 18.2. The van der Waals surface area contributed by atoms with Gasteiger partial charge in [0.2, 0.25) is 0 Å². The van der Waals surface area contributed by atoms with E-state index in [0.717, 1.165) is 40.9 Å². The molecule has 0 atom stereocenters. The average molecular weight is 573 g/mol. The zero-order valence-electron chi connectivity index (χ0n) is 16.0. The van der Waals surface area contributed by atoms with Gasteiger partial charge in [0.15, 0.2) is 0 Å². The maximum Gasteiger partial charge on any atom is 4.00 e. The monoisotopic (exact) mass is 572 g/mol. The van der Waals surface area contributed by atoms with Crippen LogP contribution in [0.25, 0.3) is 10.8 Å². The van der Waals surface area contributed by atoms with E-state index < -0.39 is 0 Å². The van der Waals surface area contributed by atoms with E-state index in [1.165, 1.54) is 12.2 Å². The molecule has 0 saturated carbocycles. The minimum atomic E-state index is 0. The fourth-order valence-corrected chi connectivity index (χ4v) is 2.69. The summed E-state index contributed by atoms with van der Waals surface area (Å²) in [6.07, 6.45) is 8.17. The van der Waals surface area contributed by atoms with E-state index >= 15 is 0 Å². The summed E-state index contributed by atoms with van der Waals surface area (Å²) in [7, 11) is 0. The second kappa shape index (κ2) is 12.2. The number of anilines is 5. The van der Waals surface area contributed by atoms with Crippen LogP contribution in [0.2, 0.25) is 0 Å². The molecule has 0 aliphatic carbocycles. The Hall–Kier alpha value is -3.43. The van der Waals surface area contributed by atoms with E-state index in [2.05, 4.69) is 22.8 Å². The number of para-hydroxylation sites is 1. The van der Waals surface area contributed by atoms with Crippen molar-refractivity contribution >= 4 is 40.9 Å². The predicted octanol–water partition coefficient (Wildman–Crippen LogP) is 5.89. The Balaban J connectivity index is 0.00000320. The average Bonchev–Trinajstić information content (AvgIpc) is 2.76. The van der Waals surface area contributed by atoms with Crippen LogP contribution in [-0.4, -0.2) is 12.4 Å². The smallest absolute Gasteiger partial charge is 0.811 e. The Bertz CT molecular complexity index is 951. The van der Waals surface area contributed by atoms with E-state index in [4.69, 9.17) is 10.8 Å². The van der Waals surface area contributed by atoms with Gasteiger partial charge in [0.25, 0.3) is 0 Å². The van der Waals surface area contributed by atoms with Crippen LogP contribution in [0.15, 0.2) is 91.3 Å². The van der Waals surface area contributed by atoms with Gasteiger partial charge in [-0.1, -0.05) is 53.1 Å². The van der Waals surface area contributed by atoms with Gasteiger partial charge in [-0.3, -0.25) is 0 Å². The molecule has 0 aliphatic heterocycles. The van der Waals surface area contributed by atoms with Gasteiger partial charge in [0.1, 0.15) is 0 Å². The van der Waals surface area contributed by atoms with Crippen molar-refractivity contribution in [3.63, 3.8) is 0 Å². The topological polar surface area (TPSA) is 71.9 Å². The molecule has 0 unspecified atom stereocenters. The maximum absolute atomic E-state index is 8.79. The van der Waals surface area contributed by atoms with Crippen LogP contribution >= 0.6 is 0 Å². The van der Waals surface area contributed by atoms with Crippen LogP contribution in [0.5, 0.6) is 0 Å². The van der Waals surface area contributed by atoms with Gasteiger partial charge in [-0.25, -0.2) is 0 Å². The van der Waals surface area contributed by atoms with Crippen LogP contribution in [0.1, 0.15) is 0 Å². The van der Waals surface area contributed by atoms with E-state index in [1.807, 2.05) is 71.6 Å².